The third-order valence-corrected chi connectivity index (χ3v) is 9.46. The Balaban J connectivity index is 0.000000211. The maximum Gasteiger partial charge on any atom is 0.418 e. The van der Waals surface area contributed by atoms with Crippen molar-refractivity contribution >= 4 is 32.6 Å². The summed E-state index contributed by atoms with van der Waals surface area (Å²) >= 11 is 0. The van der Waals surface area contributed by atoms with Crippen molar-refractivity contribution in [1.29, 1.82) is 0 Å². The molecule has 324 valence electrons. The maximum atomic E-state index is 13.9. The SMILES string of the molecule is COC(=O)c1cc(-n2cnc(-c3ccc(OC)cc3)c2)c(C(F)(F)F)cc1N.COc1ccc(-c2cn(-c3cc4c(=O)n(NS(C)(=O)=O)c(=O)[nH]c4cc3C(F)(F)F)cn2)cc1. The first-order valence-corrected chi connectivity index (χ1v) is 19.4. The van der Waals surface area contributed by atoms with Gasteiger partial charge in [0, 0.05) is 29.2 Å². The molecule has 7 rings (SSSR count). The van der Waals surface area contributed by atoms with Gasteiger partial charge in [0.25, 0.3) is 5.56 Å². The fraction of sp³-hybridized carbons (Fsp3) is 0.154. The van der Waals surface area contributed by atoms with Crippen LogP contribution < -0.4 is 31.3 Å². The summed E-state index contributed by atoms with van der Waals surface area (Å²) in [5.41, 5.74) is 1.60. The highest BCUT2D eigenvalue weighted by Gasteiger charge is 2.37. The number of ether oxygens (including phenoxy) is 3. The summed E-state index contributed by atoms with van der Waals surface area (Å²) in [5, 5.41) is -0.349. The predicted octanol–water partition coefficient (Wildman–Crippen LogP) is 6.01. The molecular weight excluding hydrogens is 855 g/mol. The average molecular weight is 887 g/mol. The Morgan fingerprint density at radius 2 is 1.21 bits per heavy atom. The number of imidazole rings is 2. The van der Waals surface area contributed by atoms with E-state index in [9.17, 15) is 49.1 Å². The van der Waals surface area contributed by atoms with Crippen molar-refractivity contribution in [2.24, 2.45) is 0 Å². The molecule has 0 aliphatic carbocycles. The Morgan fingerprint density at radius 1 is 0.742 bits per heavy atom. The molecule has 4 N–H and O–H groups in total. The van der Waals surface area contributed by atoms with Crippen LogP contribution in [0.1, 0.15) is 21.5 Å². The fourth-order valence-electron chi connectivity index (χ4n) is 6.01. The number of hydrogen-bond acceptors (Lipinski definition) is 11. The monoisotopic (exact) mass is 886 g/mol. The predicted molar refractivity (Wildman–Crippen MR) is 213 cm³/mol. The first-order valence-electron chi connectivity index (χ1n) is 17.5. The summed E-state index contributed by atoms with van der Waals surface area (Å²) in [4.78, 5) is 48.9. The number of methoxy groups -OCH3 is 3. The molecule has 3 heterocycles. The maximum absolute atomic E-state index is 13.9. The van der Waals surface area contributed by atoms with Crippen LogP contribution in [0.25, 0.3) is 44.8 Å². The van der Waals surface area contributed by atoms with Gasteiger partial charge < -0.3 is 34.1 Å². The van der Waals surface area contributed by atoms with Crippen molar-refractivity contribution in [3.8, 4) is 45.4 Å². The third-order valence-electron chi connectivity index (χ3n) is 8.95. The molecule has 0 spiro atoms. The molecular formula is C39H32F6N8O8S. The summed E-state index contributed by atoms with van der Waals surface area (Å²) in [6, 6.07) is 16.9. The number of nitrogens with two attached hydrogens (primary N) is 1. The quantitative estimate of drug-likeness (QED) is 0.0870. The van der Waals surface area contributed by atoms with Crippen molar-refractivity contribution in [2.75, 3.05) is 38.1 Å². The van der Waals surface area contributed by atoms with E-state index in [4.69, 9.17) is 15.2 Å². The molecule has 0 fully saturated rings. The van der Waals surface area contributed by atoms with E-state index in [1.54, 1.807) is 53.4 Å². The van der Waals surface area contributed by atoms with E-state index in [0.717, 1.165) is 30.1 Å². The number of rotatable bonds is 9. The van der Waals surface area contributed by atoms with Crippen LogP contribution in [0, 0.1) is 0 Å². The van der Waals surface area contributed by atoms with Gasteiger partial charge in [-0.3, -0.25) is 4.79 Å². The van der Waals surface area contributed by atoms with Crippen LogP contribution in [0.2, 0.25) is 0 Å². The Morgan fingerprint density at radius 3 is 1.65 bits per heavy atom. The van der Waals surface area contributed by atoms with Gasteiger partial charge >= 0.3 is 24.0 Å². The van der Waals surface area contributed by atoms with E-state index < -0.39 is 61.9 Å². The minimum atomic E-state index is -4.84. The molecule has 0 unspecified atom stereocenters. The highest BCUT2D eigenvalue weighted by molar-refractivity contribution is 7.91. The molecule has 0 bridgehead atoms. The summed E-state index contributed by atoms with van der Waals surface area (Å²) < 4.78 is 122. The minimum absolute atomic E-state index is 0.162. The highest BCUT2D eigenvalue weighted by atomic mass is 32.2. The van der Waals surface area contributed by atoms with Gasteiger partial charge in [-0.1, -0.05) is 0 Å². The number of sulfonamides is 1. The normalized spacial score (nSPS) is 11.8. The number of nitrogens with zero attached hydrogens (tertiary/aromatic N) is 5. The van der Waals surface area contributed by atoms with Crippen LogP contribution >= 0.6 is 0 Å². The number of nitrogens with one attached hydrogen (secondary N) is 2. The van der Waals surface area contributed by atoms with Crippen LogP contribution in [0.3, 0.4) is 0 Å². The Bertz CT molecular complexity index is 3030. The van der Waals surface area contributed by atoms with E-state index in [2.05, 4.69) is 19.7 Å². The lowest BCUT2D eigenvalue weighted by Crippen LogP contribution is -2.43. The van der Waals surface area contributed by atoms with Gasteiger partial charge in [-0.05, 0) is 72.8 Å². The van der Waals surface area contributed by atoms with Gasteiger partial charge in [0.05, 0.1) is 90.6 Å². The molecule has 0 aliphatic heterocycles. The van der Waals surface area contributed by atoms with Crippen molar-refractivity contribution < 1.29 is 53.8 Å². The zero-order chi connectivity index (χ0) is 45.3. The second-order valence-electron chi connectivity index (χ2n) is 13.1. The zero-order valence-corrected chi connectivity index (χ0v) is 33.3. The number of hydrogen-bond donors (Lipinski definition) is 3. The number of anilines is 1. The standard InChI is InChI=1S/C20H16F3N5O5S.C19H16F3N3O3/c1-33-12-5-3-11(4-6-12)16-9-27(10-24-16)17-7-13-15(8-14(17)20(21,22)23)25-19(30)28(18(13)29)26-34(2,31)32;1-27-12-5-3-11(4-6-12)16-9-25(10-24-16)17-7-13(18(26)28-2)15(23)8-14(17)19(20,21)22/h3-10,26H,1-2H3,(H,25,30);3-10H,23H2,1-2H3. The number of benzene rings is 4. The smallest absolute Gasteiger partial charge is 0.418 e. The van der Waals surface area contributed by atoms with E-state index in [1.807, 2.05) is 0 Å². The van der Waals surface area contributed by atoms with Gasteiger partial charge in [0.1, 0.15) is 11.5 Å². The van der Waals surface area contributed by atoms with Crippen molar-refractivity contribution in [3.05, 3.63) is 135 Å². The van der Waals surface area contributed by atoms with Crippen LogP contribution in [0.15, 0.2) is 107 Å². The summed E-state index contributed by atoms with van der Waals surface area (Å²) in [6.45, 7) is 0. The molecule has 3 aromatic heterocycles. The van der Waals surface area contributed by atoms with E-state index >= 15 is 0 Å². The molecule has 0 radical (unpaired) electrons. The number of H-pyrrole nitrogens is 1. The van der Waals surface area contributed by atoms with Gasteiger partial charge in [0.15, 0.2) is 0 Å². The number of fused-ring (bicyclic) bond motifs is 1. The third kappa shape index (κ3) is 9.41. The van der Waals surface area contributed by atoms with Gasteiger partial charge in [-0.15, -0.1) is 0 Å². The number of halogens is 6. The van der Waals surface area contributed by atoms with Crippen LogP contribution in [0.5, 0.6) is 11.5 Å². The summed E-state index contributed by atoms with van der Waals surface area (Å²) in [6.07, 6.45) is -3.64. The summed E-state index contributed by atoms with van der Waals surface area (Å²) in [5.74, 6) is 0.400. The second-order valence-corrected chi connectivity index (χ2v) is 14.8. The number of alkyl halides is 6. The van der Waals surface area contributed by atoms with E-state index in [-0.39, 0.29) is 27.0 Å². The molecule has 4 aromatic carbocycles. The lowest BCUT2D eigenvalue weighted by molar-refractivity contribution is -0.138. The number of carbonyl (C=O) groups is 1. The highest BCUT2D eigenvalue weighted by Crippen LogP contribution is 2.38. The van der Waals surface area contributed by atoms with Crippen molar-refractivity contribution in [3.63, 3.8) is 0 Å². The number of aromatic amines is 1. The second kappa shape index (κ2) is 16.8. The van der Waals surface area contributed by atoms with E-state index in [0.29, 0.717) is 52.4 Å². The molecule has 62 heavy (non-hydrogen) atoms. The zero-order valence-electron chi connectivity index (χ0n) is 32.5. The van der Waals surface area contributed by atoms with Gasteiger partial charge in [-0.25, -0.2) is 32.8 Å². The number of carbonyl (C=O) groups excluding carboxylic acids is 1. The fourth-order valence-corrected chi connectivity index (χ4v) is 6.50. The van der Waals surface area contributed by atoms with Crippen molar-refractivity contribution in [2.45, 2.75) is 12.4 Å². The van der Waals surface area contributed by atoms with Crippen LogP contribution in [0.4, 0.5) is 32.0 Å². The molecule has 7 aromatic rings. The average Bonchev–Trinajstić information content (AvgIpc) is 3.93. The molecule has 16 nitrogen and oxygen atoms in total. The first kappa shape index (κ1) is 44.0. The topological polar surface area (TPSA) is 207 Å². The lowest BCUT2D eigenvalue weighted by atomic mass is 10.1. The number of aromatic nitrogens is 6. The van der Waals surface area contributed by atoms with Gasteiger partial charge in [0.2, 0.25) is 10.0 Å². The Labute approximate surface area is 345 Å². The van der Waals surface area contributed by atoms with E-state index in [1.165, 1.54) is 37.5 Å². The van der Waals surface area contributed by atoms with Gasteiger partial charge in [-0.2, -0.15) is 31.0 Å². The molecule has 0 saturated heterocycles. The molecule has 0 saturated carbocycles. The van der Waals surface area contributed by atoms with Crippen LogP contribution in [-0.2, 0) is 27.1 Å². The summed E-state index contributed by atoms with van der Waals surface area (Å²) in [7, 11) is 0.120. The largest absolute Gasteiger partial charge is 0.497 e. The van der Waals surface area contributed by atoms with Crippen molar-refractivity contribution in [1.82, 2.24) is 28.8 Å². The Kier molecular flexibility index (Phi) is 11.9. The minimum Gasteiger partial charge on any atom is -0.497 e. The number of nitrogen functional groups attached to an aromatic ring is 1. The Hall–Kier alpha value is -7.56. The number of esters is 1. The first-order chi connectivity index (χ1) is 29.1. The molecule has 23 heteroatoms. The molecule has 0 aliphatic rings. The molecule has 0 atom stereocenters. The van der Waals surface area contributed by atoms with Crippen LogP contribution in [-0.4, -0.2) is 70.7 Å². The lowest BCUT2D eigenvalue weighted by Gasteiger charge is -2.16. The molecule has 0 amide bonds.